The van der Waals surface area contributed by atoms with Gasteiger partial charge in [-0.3, -0.25) is 4.79 Å². The molecule has 0 atom stereocenters. The topological polar surface area (TPSA) is 35.5 Å². The van der Waals surface area contributed by atoms with Gasteiger partial charge in [0.25, 0.3) is 0 Å². The number of halogens is 1. The summed E-state index contributed by atoms with van der Waals surface area (Å²) in [5.41, 5.74) is -0.286. The predicted molar refractivity (Wildman–Crippen MR) is 69.7 cm³/mol. The van der Waals surface area contributed by atoms with Gasteiger partial charge < -0.3 is 8.92 Å². The number of hydrogen-bond acceptors (Lipinski definition) is 4. The molecule has 0 spiro atoms. The SMILES string of the molecule is CCOC(=O)C1(C)CCC(OSI)CC1. The molecule has 88 valence electrons. The fourth-order valence-corrected chi connectivity index (χ4v) is 3.06. The average molecular weight is 344 g/mol. The van der Waals surface area contributed by atoms with E-state index in [9.17, 15) is 4.79 Å². The van der Waals surface area contributed by atoms with Crippen LogP contribution in [0.4, 0.5) is 0 Å². The van der Waals surface area contributed by atoms with Crippen molar-refractivity contribution >= 4 is 36.4 Å². The molecular formula is C10H17IO3S. The first kappa shape index (κ1) is 13.6. The lowest BCUT2D eigenvalue weighted by Crippen LogP contribution is -2.35. The normalized spacial score (nSPS) is 31.3. The largest absolute Gasteiger partial charge is 0.466 e. The Balaban J connectivity index is 2.43. The smallest absolute Gasteiger partial charge is 0.311 e. The molecule has 1 aliphatic carbocycles. The summed E-state index contributed by atoms with van der Waals surface area (Å²) >= 11 is 2.13. The maximum Gasteiger partial charge on any atom is 0.311 e. The molecule has 0 aromatic rings. The first-order valence-electron chi connectivity index (χ1n) is 5.23. The molecule has 0 amide bonds. The fourth-order valence-electron chi connectivity index (χ4n) is 1.89. The molecule has 0 unspecified atom stereocenters. The standard InChI is InChI=1S/C10H17IO3S/c1-3-13-9(12)10(2)6-4-8(5-7-10)14-15-11/h8H,3-7H2,1-2H3. The van der Waals surface area contributed by atoms with Gasteiger partial charge >= 0.3 is 5.97 Å². The summed E-state index contributed by atoms with van der Waals surface area (Å²) in [5.74, 6) is -0.0504. The Morgan fingerprint density at radius 3 is 2.60 bits per heavy atom. The Morgan fingerprint density at radius 1 is 1.53 bits per heavy atom. The van der Waals surface area contributed by atoms with Crippen LogP contribution < -0.4 is 0 Å². The summed E-state index contributed by atoms with van der Waals surface area (Å²) in [6, 6.07) is 0. The molecule has 0 aromatic carbocycles. The van der Waals surface area contributed by atoms with E-state index in [1.54, 1.807) is 0 Å². The van der Waals surface area contributed by atoms with Crippen LogP contribution in [-0.2, 0) is 13.7 Å². The van der Waals surface area contributed by atoms with E-state index in [0.717, 1.165) is 25.7 Å². The van der Waals surface area contributed by atoms with Crippen LogP contribution in [0.3, 0.4) is 0 Å². The van der Waals surface area contributed by atoms with Crippen molar-refractivity contribution in [1.82, 2.24) is 0 Å². The highest BCUT2D eigenvalue weighted by molar-refractivity contribution is 14.2. The Hall–Kier alpha value is 0.510. The molecule has 0 radical (unpaired) electrons. The van der Waals surface area contributed by atoms with E-state index in [1.165, 1.54) is 9.21 Å². The van der Waals surface area contributed by atoms with E-state index in [1.807, 2.05) is 13.8 Å². The first-order chi connectivity index (χ1) is 7.12. The Bertz CT molecular complexity index is 215. The van der Waals surface area contributed by atoms with Gasteiger partial charge in [0, 0.05) is 21.2 Å². The lowest BCUT2D eigenvalue weighted by molar-refractivity contribution is -0.157. The van der Waals surface area contributed by atoms with Crippen molar-refractivity contribution in [1.29, 1.82) is 0 Å². The maximum absolute atomic E-state index is 11.7. The van der Waals surface area contributed by atoms with Crippen molar-refractivity contribution in [2.75, 3.05) is 6.61 Å². The Kier molecular flexibility index (Phi) is 5.70. The van der Waals surface area contributed by atoms with E-state index in [4.69, 9.17) is 8.92 Å². The van der Waals surface area contributed by atoms with Crippen LogP contribution in [0.1, 0.15) is 39.5 Å². The third-order valence-electron chi connectivity index (χ3n) is 2.98. The fraction of sp³-hybridized carbons (Fsp3) is 0.900. The molecule has 0 bridgehead atoms. The van der Waals surface area contributed by atoms with Crippen LogP contribution in [0.15, 0.2) is 0 Å². The maximum atomic E-state index is 11.7. The molecule has 15 heavy (non-hydrogen) atoms. The lowest BCUT2D eigenvalue weighted by Gasteiger charge is -2.34. The minimum atomic E-state index is -0.286. The van der Waals surface area contributed by atoms with Crippen molar-refractivity contribution in [2.24, 2.45) is 5.41 Å². The summed E-state index contributed by atoms with van der Waals surface area (Å²) < 4.78 is 10.6. The zero-order valence-electron chi connectivity index (χ0n) is 9.12. The van der Waals surface area contributed by atoms with E-state index >= 15 is 0 Å². The highest BCUT2D eigenvalue weighted by atomic mass is 127. The molecule has 0 aliphatic heterocycles. The Morgan fingerprint density at radius 2 is 2.13 bits per heavy atom. The third-order valence-corrected chi connectivity index (χ3v) is 3.94. The molecule has 3 nitrogen and oxygen atoms in total. The van der Waals surface area contributed by atoms with Gasteiger partial charge in [0.2, 0.25) is 0 Å². The average Bonchev–Trinajstić information content (AvgIpc) is 2.22. The predicted octanol–water partition coefficient (Wildman–Crippen LogP) is 3.51. The zero-order chi connectivity index (χ0) is 11.3. The summed E-state index contributed by atoms with van der Waals surface area (Å²) in [4.78, 5) is 11.7. The summed E-state index contributed by atoms with van der Waals surface area (Å²) in [5, 5.41) is 0. The van der Waals surface area contributed by atoms with Crippen LogP contribution in [0.5, 0.6) is 0 Å². The minimum Gasteiger partial charge on any atom is -0.466 e. The molecule has 1 rings (SSSR count). The number of carbonyl (C=O) groups excluding carboxylic acids is 1. The third kappa shape index (κ3) is 3.78. The molecule has 1 saturated carbocycles. The zero-order valence-corrected chi connectivity index (χ0v) is 12.1. The van der Waals surface area contributed by atoms with Gasteiger partial charge in [-0.25, -0.2) is 0 Å². The number of carbonyl (C=O) groups is 1. The van der Waals surface area contributed by atoms with Gasteiger partial charge in [-0.15, -0.1) is 0 Å². The molecular weight excluding hydrogens is 327 g/mol. The van der Waals surface area contributed by atoms with Gasteiger partial charge in [0.05, 0.1) is 27.3 Å². The van der Waals surface area contributed by atoms with Crippen molar-refractivity contribution in [3.63, 3.8) is 0 Å². The second kappa shape index (κ2) is 6.30. The number of esters is 1. The van der Waals surface area contributed by atoms with E-state index in [0.29, 0.717) is 12.7 Å². The van der Waals surface area contributed by atoms with E-state index in [-0.39, 0.29) is 11.4 Å². The first-order valence-corrected chi connectivity index (χ1v) is 8.52. The van der Waals surface area contributed by atoms with Gasteiger partial charge in [0.15, 0.2) is 0 Å². The van der Waals surface area contributed by atoms with Crippen molar-refractivity contribution in [3.8, 4) is 0 Å². The van der Waals surface area contributed by atoms with Gasteiger partial charge in [-0.05, 0) is 39.5 Å². The summed E-state index contributed by atoms with van der Waals surface area (Å²) in [7, 11) is 1.38. The van der Waals surface area contributed by atoms with Gasteiger partial charge in [-0.2, -0.15) is 0 Å². The molecule has 0 heterocycles. The highest BCUT2D eigenvalue weighted by Crippen LogP contribution is 2.39. The summed E-state index contributed by atoms with van der Waals surface area (Å²) in [6.45, 7) is 4.32. The van der Waals surface area contributed by atoms with E-state index < -0.39 is 0 Å². The molecule has 1 aliphatic rings. The number of rotatable bonds is 4. The van der Waals surface area contributed by atoms with Crippen LogP contribution in [-0.4, -0.2) is 18.7 Å². The monoisotopic (exact) mass is 344 g/mol. The molecule has 0 aromatic heterocycles. The Labute approximate surface area is 107 Å². The number of hydrogen-bond donors (Lipinski definition) is 0. The molecule has 0 saturated heterocycles. The lowest BCUT2D eigenvalue weighted by atomic mass is 9.75. The van der Waals surface area contributed by atoms with Crippen LogP contribution in [0, 0.1) is 5.41 Å². The van der Waals surface area contributed by atoms with Crippen LogP contribution in [0.2, 0.25) is 0 Å². The quantitative estimate of drug-likeness (QED) is 0.444. The van der Waals surface area contributed by atoms with Gasteiger partial charge in [0.1, 0.15) is 0 Å². The van der Waals surface area contributed by atoms with Crippen molar-refractivity contribution < 1.29 is 13.7 Å². The second-order valence-corrected chi connectivity index (χ2v) is 5.54. The van der Waals surface area contributed by atoms with Crippen molar-refractivity contribution in [3.05, 3.63) is 0 Å². The minimum absolute atomic E-state index is 0.0504. The molecule has 0 N–H and O–H groups in total. The van der Waals surface area contributed by atoms with Crippen LogP contribution in [0.25, 0.3) is 0 Å². The van der Waals surface area contributed by atoms with Gasteiger partial charge in [-0.1, -0.05) is 0 Å². The number of ether oxygens (including phenoxy) is 1. The molecule has 5 heteroatoms. The van der Waals surface area contributed by atoms with Crippen molar-refractivity contribution in [2.45, 2.75) is 45.6 Å². The van der Waals surface area contributed by atoms with E-state index in [2.05, 4.69) is 21.2 Å². The highest BCUT2D eigenvalue weighted by Gasteiger charge is 2.39. The van der Waals surface area contributed by atoms with Crippen LogP contribution >= 0.6 is 30.4 Å². The second-order valence-electron chi connectivity index (χ2n) is 4.14. The summed E-state index contributed by atoms with van der Waals surface area (Å²) in [6.07, 6.45) is 3.94. The molecule has 1 fully saturated rings.